The zero-order valence-corrected chi connectivity index (χ0v) is 17.1. The number of nitrogens with zero attached hydrogens (tertiary/aromatic N) is 2. The Morgan fingerprint density at radius 1 is 1.31 bits per heavy atom. The molecule has 8 heteroatoms. The summed E-state index contributed by atoms with van der Waals surface area (Å²) in [5, 5.41) is 11.8. The zero-order valence-electron chi connectivity index (χ0n) is 16.3. The van der Waals surface area contributed by atoms with Crippen LogP contribution in [0.3, 0.4) is 0 Å². The van der Waals surface area contributed by atoms with E-state index in [4.69, 9.17) is 5.14 Å². The Bertz CT molecular complexity index is 672. The van der Waals surface area contributed by atoms with Gasteiger partial charge in [0, 0.05) is 19.6 Å². The van der Waals surface area contributed by atoms with Gasteiger partial charge in [-0.15, -0.1) is 0 Å². The van der Waals surface area contributed by atoms with Gasteiger partial charge >= 0.3 is 0 Å². The SMILES string of the molecule is CCN(CC)CCCC(C)NC(=NC)NCc1cccc(S(N)(=O)=O)c1. The van der Waals surface area contributed by atoms with Gasteiger partial charge in [-0.1, -0.05) is 26.0 Å². The molecular weight excluding hydrogens is 350 g/mol. The van der Waals surface area contributed by atoms with Crippen molar-refractivity contribution in [3.05, 3.63) is 29.8 Å². The summed E-state index contributed by atoms with van der Waals surface area (Å²) >= 11 is 0. The van der Waals surface area contributed by atoms with Gasteiger partial charge in [0.2, 0.25) is 10.0 Å². The third kappa shape index (κ3) is 8.16. The van der Waals surface area contributed by atoms with E-state index in [2.05, 4.69) is 41.3 Å². The highest BCUT2D eigenvalue weighted by molar-refractivity contribution is 7.89. The topological polar surface area (TPSA) is 99.8 Å². The second-order valence-corrected chi connectivity index (χ2v) is 7.89. The maximum atomic E-state index is 11.4. The van der Waals surface area contributed by atoms with Gasteiger partial charge < -0.3 is 15.5 Å². The highest BCUT2D eigenvalue weighted by Gasteiger charge is 2.09. The molecule has 0 heterocycles. The molecule has 1 aromatic carbocycles. The number of primary sulfonamides is 1. The van der Waals surface area contributed by atoms with Crippen molar-refractivity contribution in [1.82, 2.24) is 15.5 Å². The molecule has 1 rings (SSSR count). The second-order valence-electron chi connectivity index (χ2n) is 6.33. The molecule has 0 aliphatic heterocycles. The van der Waals surface area contributed by atoms with E-state index >= 15 is 0 Å². The number of sulfonamides is 1. The first-order valence-corrected chi connectivity index (χ1v) is 10.7. The number of nitrogens with one attached hydrogen (secondary N) is 2. The molecule has 26 heavy (non-hydrogen) atoms. The Morgan fingerprint density at radius 2 is 2.00 bits per heavy atom. The van der Waals surface area contributed by atoms with Crippen LogP contribution in [0, 0.1) is 0 Å². The van der Waals surface area contributed by atoms with E-state index in [9.17, 15) is 8.42 Å². The van der Waals surface area contributed by atoms with Crippen LogP contribution in [0.4, 0.5) is 0 Å². The van der Waals surface area contributed by atoms with E-state index in [1.54, 1.807) is 19.2 Å². The molecule has 0 saturated heterocycles. The fourth-order valence-corrected chi connectivity index (χ4v) is 3.26. The van der Waals surface area contributed by atoms with Crippen molar-refractivity contribution in [2.45, 2.75) is 51.1 Å². The van der Waals surface area contributed by atoms with Gasteiger partial charge in [0.05, 0.1) is 4.90 Å². The number of hydrogen-bond donors (Lipinski definition) is 3. The summed E-state index contributed by atoms with van der Waals surface area (Å²) in [7, 11) is -1.97. The molecule has 7 nitrogen and oxygen atoms in total. The van der Waals surface area contributed by atoms with Crippen LogP contribution in [0.15, 0.2) is 34.2 Å². The van der Waals surface area contributed by atoms with Crippen LogP contribution >= 0.6 is 0 Å². The smallest absolute Gasteiger partial charge is 0.238 e. The molecule has 4 N–H and O–H groups in total. The molecule has 0 fully saturated rings. The van der Waals surface area contributed by atoms with Gasteiger partial charge in [0.15, 0.2) is 5.96 Å². The van der Waals surface area contributed by atoms with Gasteiger partial charge in [0.25, 0.3) is 0 Å². The third-order valence-electron chi connectivity index (χ3n) is 4.30. The van der Waals surface area contributed by atoms with E-state index < -0.39 is 10.0 Å². The third-order valence-corrected chi connectivity index (χ3v) is 5.21. The highest BCUT2D eigenvalue weighted by Crippen LogP contribution is 2.09. The van der Waals surface area contributed by atoms with Crippen LogP contribution in [0.5, 0.6) is 0 Å². The van der Waals surface area contributed by atoms with E-state index in [1.807, 2.05) is 6.07 Å². The number of benzene rings is 1. The molecular formula is C18H33N5O2S. The number of hydrogen-bond acceptors (Lipinski definition) is 4. The van der Waals surface area contributed by atoms with E-state index in [0.717, 1.165) is 38.0 Å². The predicted octanol–water partition coefficient (Wildman–Crippen LogP) is 1.51. The largest absolute Gasteiger partial charge is 0.354 e. The number of rotatable bonds is 10. The Labute approximate surface area is 158 Å². The summed E-state index contributed by atoms with van der Waals surface area (Å²) in [5.41, 5.74) is 0.827. The number of nitrogens with two attached hydrogens (primary N) is 1. The molecule has 0 aliphatic carbocycles. The second kappa shape index (κ2) is 11.2. The molecule has 148 valence electrons. The van der Waals surface area contributed by atoms with Crippen molar-refractivity contribution in [3.63, 3.8) is 0 Å². The summed E-state index contributed by atoms with van der Waals surface area (Å²) in [6, 6.07) is 6.89. The summed E-state index contributed by atoms with van der Waals surface area (Å²) in [5.74, 6) is 0.696. The molecule has 0 amide bonds. The molecule has 1 unspecified atom stereocenters. The number of aliphatic imine (C=N–C) groups is 1. The molecule has 0 spiro atoms. The van der Waals surface area contributed by atoms with Gasteiger partial charge in [-0.3, -0.25) is 4.99 Å². The van der Waals surface area contributed by atoms with Gasteiger partial charge in [0.1, 0.15) is 0 Å². The maximum absolute atomic E-state index is 11.4. The summed E-state index contributed by atoms with van der Waals surface area (Å²) in [6.45, 7) is 10.2. The van der Waals surface area contributed by atoms with E-state index in [0.29, 0.717) is 18.5 Å². The van der Waals surface area contributed by atoms with Crippen LogP contribution in [0.1, 0.15) is 39.2 Å². The van der Waals surface area contributed by atoms with Crippen molar-refractivity contribution in [1.29, 1.82) is 0 Å². The minimum Gasteiger partial charge on any atom is -0.354 e. The average Bonchev–Trinajstić information content (AvgIpc) is 2.61. The molecule has 0 bridgehead atoms. The highest BCUT2D eigenvalue weighted by atomic mass is 32.2. The molecule has 0 saturated carbocycles. The lowest BCUT2D eigenvalue weighted by Gasteiger charge is -2.21. The maximum Gasteiger partial charge on any atom is 0.238 e. The first kappa shape index (κ1) is 22.4. The van der Waals surface area contributed by atoms with Crippen molar-refractivity contribution in [2.75, 3.05) is 26.7 Å². The van der Waals surface area contributed by atoms with Crippen molar-refractivity contribution in [2.24, 2.45) is 10.1 Å². The van der Waals surface area contributed by atoms with Crippen LogP contribution in [0.25, 0.3) is 0 Å². The van der Waals surface area contributed by atoms with E-state index in [1.165, 1.54) is 6.07 Å². The van der Waals surface area contributed by atoms with Crippen LogP contribution < -0.4 is 15.8 Å². The first-order valence-electron chi connectivity index (χ1n) is 9.11. The van der Waals surface area contributed by atoms with Crippen LogP contribution in [-0.4, -0.2) is 52.0 Å². The van der Waals surface area contributed by atoms with Gasteiger partial charge in [-0.2, -0.15) is 0 Å². The Hall–Kier alpha value is -1.64. The standard InChI is InChI=1S/C18H33N5O2S/c1-5-23(6-2)12-8-9-15(3)22-18(20-4)21-14-16-10-7-11-17(13-16)26(19,24)25/h7,10-11,13,15H,5-6,8-9,12,14H2,1-4H3,(H2,19,24,25)(H2,20,21,22). The van der Waals surface area contributed by atoms with Crippen LogP contribution in [-0.2, 0) is 16.6 Å². The Balaban J connectivity index is 2.48. The summed E-state index contributed by atoms with van der Waals surface area (Å²) in [6.07, 6.45) is 2.18. The molecule has 1 atom stereocenters. The molecule has 0 radical (unpaired) electrons. The fourth-order valence-electron chi connectivity index (χ4n) is 2.68. The minimum atomic E-state index is -3.69. The monoisotopic (exact) mass is 383 g/mol. The van der Waals surface area contributed by atoms with Crippen molar-refractivity contribution < 1.29 is 8.42 Å². The van der Waals surface area contributed by atoms with Gasteiger partial charge in [-0.25, -0.2) is 13.6 Å². The van der Waals surface area contributed by atoms with Gasteiger partial charge in [-0.05, 0) is 57.1 Å². The van der Waals surface area contributed by atoms with Crippen LogP contribution in [0.2, 0.25) is 0 Å². The molecule has 0 aliphatic rings. The summed E-state index contributed by atoms with van der Waals surface area (Å²) < 4.78 is 22.9. The van der Waals surface area contributed by atoms with E-state index in [-0.39, 0.29) is 4.90 Å². The Morgan fingerprint density at radius 3 is 2.58 bits per heavy atom. The lowest BCUT2D eigenvalue weighted by molar-refractivity contribution is 0.292. The fraction of sp³-hybridized carbons (Fsp3) is 0.611. The summed E-state index contributed by atoms with van der Waals surface area (Å²) in [4.78, 5) is 6.76. The predicted molar refractivity (Wildman–Crippen MR) is 108 cm³/mol. The lowest BCUT2D eigenvalue weighted by Crippen LogP contribution is -2.42. The van der Waals surface area contributed by atoms with Crippen molar-refractivity contribution in [3.8, 4) is 0 Å². The first-order chi connectivity index (χ1) is 12.3. The average molecular weight is 384 g/mol. The molecule has 0 aromatic heterocycles. The molecule has 1 aromatic rings. The number of guanidine groups is 1. The Kier molecular flexibility index (Phi) is 9.61. The lowest BCUT2D eigenvalue weighted by atomic mass is 10.2. The quantitative estimate of drug-likeness (QED) is 0.420. The van der Waals surface area contributed by atoms with Crippen molar-refractivity contribution >= 4 is 16.0 Å². The normalized spacial score (nSPS) is 13.7. The minimum absolute atomic E-state index is 0.115. The zero-order chi connectivity index (χ0) is 19.6.